The Morgan fingerprint density at radius 3 is 0.930 bits per heavy atom. The van der Waals surface area contributed by atoms with Gasteiger partial charge >= 0.3 is 17.1 Å². The van der Waals surface area contributed by atoms with Crippen LogP contribution in [0.2, 0.25) is 10.6 Å². The number of pyridine rings is 4. The van der Waals surface area contributed by atoms with Gasteiger partial charge in [-0.15, -0.1) is 0 Å². The van der Waals surface area contributed by atoms with Gasteiger partial charge in [0, 0.05) is 51.0 Å². The van der Waals surface area contributed by atoms with Crippen molar-refractivity contribution < 1.29 is 17.1 Å². The maximum absolute atomic E-state index is 7.10. The van der Waals surface area contributed by atoms with E-state index in [9.17, 15) is 0 Å². The fourth-order valence-electron chi connectivity index (χ4n) is 4.74. The first-order valence-corrected chi connectivity index (χ1v) is 17.8. The SMILES string of the molecule is CCN(CC)c1nc(Cl)nc(N(c2ccccn2)c2ccccn2)n1.CCN(CC)c1nc(Cl)nc(N(c2ccccn2)c2ccccn2)n1.[B-]C#N.[B-]C#N.[Fe+2]. The van der Waals surface area contributed by atoms with Gasteiger partial charge in [-0.25, -0.2) is 29.7 Å². The summed E-state index contributed by atoms with van der Waals surface area (Å²) in [5.74, 6) is 6.89. The average Bonchev–Trinajstić information content (AvgIpc) is 3.21. The molecule has 6 heterocycles. The number of halogens is 2. The summed E-state index contributed by atoms with van der Waals surface area (Å²) in [6.45, 7) is 11.2. The Labute approximate surface area is 355 Å². The molecular formula is C36H36B2Cl2FeN16. The normalized spacial score (nSPS) is 9.51. The van der Waals surface area contributed by atoms with Crippen LogP contribution in [0.4, 0.5) is 47.1 Å². The molecule has 0 aliphatic rings. The Hall–Kier alpha value is -5.97. The fraction of sp³-hybridized carbons (Fsp3) is 0.222. The molecule has 0 saturated carbocycles. The first-order chi connectivity index (χ1) is 27.3. The monoisotopic (exact) mass is 840 g/mol. The minimum Gasteiger partial charge on any atom is -0.466 e. The van der Waals surface area contributed by atoms with Crippen molar-refractivity contribution in [2.45, 2.75) is 27.7 Å². The Balaban J connectivity index is 0.000000341. The van der Waals surface area contributed by atoms with Crippen molar-refractivity contribution in [3.05, 3.63) is 108 Å². The van der Waals surface area contributed by atoms with E-state index in [1.54, 1.807) is 34.6 Å². The van der Waals surface area contributed by atoms with E-state index in [-0.39, 0.29) is 27.6 Å². The van der Waals surface area contributed by atoms with E-state index in [1.807, 2.05) is 110 Å². The molecule has 0 spiro atoms. The van der Waals surface area contributed by atoms with Crippen molar-refractivity contribution in [2.75, 3.05) is 45.8 Å². The summed E-state index contributed by atoms with van der Waals surface area (Å²) in [6.07, 6.45) is 6.83. The quantitative estimate of drug-likeness (QED) is 0.121. The van der Waals surface area contributed by atoms with Gasteiger partial charge in [0.15, 0.2) is 0 Å². The van der Waals surface area contributed by atoms with Crippen LogP contribution < -0.4 is 19.6 Å². The summed E-state index contributed by atoms with van der Waals surface area (Å²) < 4.78 is 0. The molecule has 57 heavy (non-hydrogen) atoms. The predicted molar refractivity (Wildman–Crippen MR) is 220 cm³/mol. The van der Waals surface area contributed by atoms with E-state index < -0.39 is 0 Å². The maximum Gasteiger partial charge on any atom is 2.00 e. The molecule has 288 valence electrons. The molecule has 6 radical (unpaired) electrons. The summed E-state index contributed by atoms with van der Waals surface area (Å²) in [7, 11) is 8.31. The molecule has 6 aromatic rings. The summed E-state index contributed by atoms with van der Waals surface area (Å²) in [5.41, 5.74) is 0. The van der Waals surface area contributed by atoms with Crippen LogP contribution in [0.3, 0.4) is 0 Å². The number of anilines is 8. The Bertz CT molecular complexity index is 1880. The van der Waals surface area contributed by atoms with Crippen molar-refractivity contribution in [1.29, 1.82) is 10.5 Å². The minimum atomic E-state index is 0. The summed E-state index contributed by atoms with van der Waals surface area (Å²) >= 11 is 12.3. The van der Waals surface area contributed by atoms with E-state index in [4.69, 9.17) is 33.7 Å². The molecule has 6 aromatic heterocycles. The molecular weight excluding hydrogens is 805 g/mol. The molecule has 0 N–H and O–H groups in total. The number of rotatable bonds is 12. The van der Waals surface area contributed by atoms with Crippen LogP contribution in [0.25, 0.3) is 0 Å². The second kappa shape index (κ2) is 26.0. The maximum atomic E-state index is 7.10. The van der Waals surface area contributed by atoms with Crippen molar-refractivity contribution in [3.8, 4) is 11.9 Å². The van der Waals surface area contributed by atoms with Gasteiger partial charge < -0.3 is 25.5 Å². The van der Waals surface area contributed by atoms with Crippen LogP contribution in [0.5, 0.6) is 0 Å². The van der Waals surface area contributed by atoms with E-state index in [1.165, 1.54) is 11.9 Å². The Kier molecular flexibility index (Phi) is 21.5. The first kappa shape index (κ1) is 47.2. The van der Waals surface area contributed by atoms with E-state index in [0.717, 1.165) is 26.2 Å². The zero-order valence-electron chi connectivity index (χ0n) is 31.5. The Morgan fingerprint density at radius 2 is 0.719 bits per heavy atom. The standard InChI is InChI=1S/2C17H18ClN7.2CBN.Fe/c2*1-3-24(4-2)16-21-15(18)22-17(23-16)25(13-9-5-7-11-19-13)14-10-6-8-12-20-14;2*2-1-3;/h2*5-12H,3-4H2,1-2H3;;;/q;;2*-1;+2. The largest absolute Gasteiger partial charge is 2.00 e. The zero-order valence-corrected chi connectivity index (χ0v) is 34.1. The number of hydrogen-bond acceptors (Lipinski definition) is 16. The molecule has 0 amide bonds. The summed E-state index contributed by atoms with van der Waals surface area (Å²) in [4.78, 5) is 51.4. The van der Waals surface area contributed by atoms with Gasteiger partial charge in [-0.3, -0.25) is 22.5 Å². The molecule has 0 unspecified atom stereocenters. The summed E-state index contributed by atoms with van der Waals surface area (Å²) in [6, 6.07) is 22.4. The average molecular weight is 841 g/mol. The van der Waals surface area contributed by atoms with E-state index >= 15 is 0 Å². The molecule has 0 aliphatic carbocycles. The van der Waals surface area contributed by atoms with Gasteiger partial charge in [0.1, 0.15) is 23.3 Å². The third-order valence-corrected chi connectivity index (χ3v) is 7.51. The molecule has 21 heteroatoms. The van der Waals surface area contributed by atoms with Crippen molar-refractivity contribution in [1.82, 2.24) is 49.8 Å². The number of aromatic nitrogens is 10. The van der Waals surface area contributed by atoms with E-state index in [0.29, 0.717) is 47.1 Å². The summed E-state index contributed by atoms with van der Waals surface area (Å²) in [5, 5.41) is 14.5. The molecule has 0 fully saturated rings. The topological polar surface area (TPSA) is 189 Å². The third kappa shape index (κ3) is 14.2. The van der Waals surface area contributed by atoms with Gasteiger partial charge in [-0.05, 0) is 99.4 Å². The van der Waals surface area contributed by atoms with Gasteiger partial charge in [0.05, 0.1) is 0 Å². The van der Waals surface area contributed by atoms with E-state index in [2.05, 4.69) is 65.5 Å². The zero-order chi connectivity index (χ0) is 40.7. The van der Waals surface area contributed by atoms with Crippen LogP contribution in [0, 0.1) is 22.5 Å². The second-order valence-electron chi connectivity index (χ2n) is 10.4. The molecule has 6 rings (SSSR count). The molecule has 0 aliphatic heterocycles. The van der Waals surface area contributed by atoms with Crippen molar-refractivity contribution >= 4 is 86.0 Å². The fourth-order valence-corrected chi connectivity index (χ4v) is 5.05. The van der Waals surface area contributed by atoms with Gasteiger partial charge in [0.2, 0.25) is 34.4 Å². The van der Waals surface area contributed by atoms with Crippen LogP contribution >= 0.6 is 23.2 Å². The smallest absolute Gasteiger partial charge is 0.466 e. The van der Waals surface area contributed by atoms with Gasteiger partial charge in [0.25, 0.3) is 0 Å². The number of nitriles is 2. The molecule has 0 bridgehead atoms. The van der Waals surface area contributed by atoms with Crippen LogP contribution in [0.15, 0.2) is 97.6 Å². The molecule has 16 nitrogen and oxygen atoms in total. The van der Waals surface area contributed by atoms with Crippen molar-refractivity contribution in [2.24, 2.45) is 0 Å². The number of nitrogens with zero attached hydrogens (tertiary/aromatic N) is 16. The molecule has 0 aromatic carbocycles. The molecule has 0 saturated heterocycles. The van der Waals surface area contributed by atoms with Crippen molar-refractivity contribution in [3.63, 3.8) is 0 Å². The van der Waals surface area contributed by atoms with Crippen LogP contribution in [-0.4, -0.2) is 91.7 Å². The minimum absolute atomic E-state index is 0. The third-order valence-electron chi connectivity index (χ3n) is 7.18. The van der Waals surface area contributed by atoms with Crippen LogP contribution in [0.1, 0.15) is 27.7 Å². The second-order valence-corrected chi connectivity index (χ2v) is 11.1. The Morgan fingerprint density at radius 1 is 0.474 bits per heavy atom. The predicted octanol–water partition coefficient (Wildman–Crippen LogP) is 6.53. The molecule has 0 atom stereocenters. The van der Waals surface area contributed by atoms with Gasteiger partial charge in [-0.1, -0.05) is 24.3 Å². The van der Waals surface area contributed by atoms with Gasteiger partial charge in [-0.2, -0.15) is 29.9 Å². The first-order valence-electron chi connectivity index (χ1n) is 17.0. The van der Waals surface area contributed by atoms with Crippen LogP contribution in [-0.2, 0) is 17.1 Å². The number of hydrogen-bond donors (Lipinski definition) is 0.